The molecule has 3 heterocycles. The minimum atomic E-state index is -1.32. The van der Waals surface area contributed by atoms with E-state index in [4.69, 9.17) is 24.9 Å². The number of aliphatic hydroxyl groups is 1. The lowest BCUT2D eigenvalue weighted by atomic mass is 9.85. The van der Waals surface area contributed by atoms with E-state index in [-0.39, 0.29) is 37.4 Å². The van der Waals surface area contributed by atoms with Crippen LogP contribution in [0.4, 0.5) is 0 Å². The van der Waals surface area contributed by atoms with Crippen LogP contribution in [0.1, 0.15) is 80.5 Å². The fourth-order valence-electron chi connectivity index (χ4n) is 6.14. The number of aliphatic imine (C=N–C) groups is 1. The maximum Gasteiger partial charge on any atom is 0.251 e. The van der Waals surface area contributed by atoms with Crippen molar-refractivity contribution >= 4 is 17.8 Å². The number of fused-ring (bicyclic) bond motifs is 2. The SMILES string of the molecule is CCC1(CC)CC(=O)N([C@H]2c3cc(C(=O)N[C@@H]4c5ccccc5OC[C@@]4(C)O)ccc3O[C@@]2(C)COC)C(N)=N1. The number of rotatable bonds is 7. The molecule has 0 aromatic heterocycles. The molecule has 2 aromatic rings. The van der Waals surface area contributed by atoms with E-state index in [1.165, 1.54) is 4.90 Å². The van der Waals surface area contributed by atoms with Crippen molar-refractivity contribution in [3.05, 3.63) is 59.2 Å². The summed E-state index contributed by atoms with van der Waals surface area (Å²) < 4.78 is 17.6. The van der Waals surface area contributed by atoms with Crippen molar-refractivity contribution in [3.63, 3.8) is 0 Å². The topological polar surface area (TPSA) is 136 Å². The average molecular weight is 551 g/mol. The van der Waals surface area contributed by atoms with Gasteiger partial charge in [-0.05, 0) is 51.0 Å². The molecule has 10 heteroatoms. The Morgan fingerprint density at radius 1 is 1.18 bits per heavy atom. The summed E-state index contributed by atoms with van der Waals surface area (Å²) in [5.41, 5.74) is 5.35. The molecule has 4 atom stereocenters. The zero-order valence-electron chi connectivity index (χ0n) is 23.7. The third-order valence-corrected chi connectivity index (χ3v) is 8.49. The number of hydrogen-bond acceptors (Lipinski definition) is 8. The molecular formula is C30H38N4O6. The Labute approximate surface area is 234 Å². The van der Waals surface area contributed by atoms with Gasteiger partial charge in [-0.2, -0.15) is 0 Å². The van der Waals surface area contributed by atoms with E-state index >= 15 is 0 Å². The number of carbonyl (C=O) groups is 2. The van der Waals surface area contributed by atoms with E-state index in [0.29, 0.717) is 41.0 Å². The molecule has 3 aliphatic heterocycles. The third-order valence-electron chi connectivity index (χ3n) is 8.49. The lowest BCUT2D eigenvalue weighted by Crippen LogP contribution is -2.58. The standard InChI is InChI=1S/C30H38N4O6/c1-6-30(7-2)15-23(35)34(27(31)33-30)25-20-14-18(12-13-22(20)40-29(25,4)17-38-5)26(36)32-24-19-10-8-9-11-21(19)39-16-28(24,3)37/h8-14,24-25,37H,6-7,15-17H2,1-5H3,(H2,31,33)(H,32,36)/t24-,25+,28-,29+/m1/s1. The number of ether oxygens (including phenoxy) is 3. The van der Waals surface area contributed by atoms with Gasteiger partial charge in [-0.25, -0.2) is 4.99 Å². The first-order chi connectivity index (χ1) is 19.0. The van der Waals surface area contributed by atoms with Crippen LogP contribution in [0, 0.1) is 0 Å². The zero-order valence-corrected chi connectivity index (χ0v) is 23.7. The molecule has 0 unspecified atom stereocenters. The van der Waals surface area contributed by atoms with Gasteiger partial charge in [-0.1, -0.05) is 32.0 Å². The van der Waals surface area contributed by atoms with E-state index in [9.17, 15) is 14.7 Å². The normalized spacial score (nSPS) is 28.6. The van der Waals surface area contributed by atoms with Crippen LogP contribution in [0.5, 0.6) is 11.5 Å². The summed E-state index contributed by atoms with van der Waals surface area (Å²) in [6.45, 7) is 7.72. The minimum Gasteiger partial charge on any atom is -0.490 e. The average Bonchev–Trinajstić information content (AvgIpc) is 3.20. The number of benzene rings is 2. The van der Waals surface area contributed by atoms with E-state index < -0.39 is 28.8 Å². The van der Waals surface area contributed by atoms with Crippen LogP contribution in [0.15, 0.2) is 47.5 Å². The van der Waals surface area contributed by atoms with Crippen LogP contribution in [0.2, 0.25) is 0 Å². The smallest absolute Gasteiger partial charge is 0.251 e. The molecular weight excluding hydrogens is 512 g/mol. The molecule has 0 saturated carbocycles. The molecule has 10 nitrogen and oxygen atoms in total. The second kappa shape index (κ2) is 10.1. The van der Waals surface area contributed by atoms with Gasteiger partial charge in [0.1, 0.15) is 29.7 Å². The Morgan fingerprint density at radius 3 is 2.58 bits per heavy atom. The Hall–Kier alpha value is -3.63. The highest BCUT2D eigenvalue weighted by Crippen LogP contribution is 2.49. The first kappa shape index (κ1) is 27.9. The number of nitrogens with zero attached hydrogens (tertiary/aromatic N) is 2. The number of para-hydroxylation sites is 1. The van der Waals surface area contributed by atoms with Crippen LogP contribution in [-0.4, -0.2) is 64.8 Å². The molecule has 3 aliphatic rings. The Kier molecular flexibility index (Phi) is 7.04. The molecule has 0 aliphatic carbocycles. The van der Waals surface area contributed by atoms with Crippen molar-refractivity contribution in [1.29, 1.82) is 0 Å². The largest absolute Gasteiger partial charge is 0.490 e. The number of nitrogens with two attached hydrogens (primary N) is 1. The van der Waals surface area contributed by atoms with Gasteiger partial charge in [0, 0.05) is 23.8 Å². The second-order valence-corrected chi connectivity index (χ2v) is 11.4. The van der Waals surface area contributed by atoms with Gasteiger partial charge < -0.3 is 30.4 Å². The van der Waals surface area contributed by atoms with Crippen molar-refractivity contribution in [2.24, 2.45) is 10.7 Å². The third kappa shape index (κ3) is 4.58. The highest BCUT2D eigenvalue weighted by molar-refractivity contribution is 6.00. The van der Waals surface area contributed by atoms with Crippen molar-refractivity contribution in [2.75, 3.05) is 20.3 Å². The fraction of sp³-hybridized carbons (Fsp3) is 0.500. The summed E-state index contributed by atoms with van der Waals surface area (Å²) in [6, 6.07) is 11.1. The Morgan fingerprint density at radius 2 is 1.90 bits per heavy atom. The van der Waals surface area contributed by atoms with Gasteiger partial charge in [0.15, 0.2) is 11.6 Å². The van der Waals surface area contributed by atoms with Crippen molar-refractivity contribution in [1.82, 2.24) is 10.2 Å². The quantitative estimate of drug-likeness (QED) is 0.482. The second-order valence-electron chi connectivity index (χ2n) is 11.4. The summed E-state index contributed by atoms with van der Waals surface area (Å²) >= 11 is 0. The predicted octanol–water partition coefficient (Wildman–Crippen LogP) is 3.25. The molecule has 214 valence electrons. The molecule has 0 bridgehead atoms. The Bertz CT molecular complexity index is 1350. The number of methoxy groups -OCH3 is 1. The van der Waals surface area contributed by atoms with Crippen LogP contribution in [0.3, 0.4) is 0 Å². The van der Waals surface area contributed by atoms with E-state index in [1.54, 1.807) is 32.2 Å². The molecule has 0 fully saturated rings. The number of carbonyl (C=O) groups excluding carboxylic acids is 2. The lowest BCUT2D eigenvalue weighted by Gasteiger charge is -2.42. The summed E-state index contributed by atoms with van der Waals surface area (Å²) in [5, 5.41) is 14.1. The zero-order chi connectivity index (χ0) is 28.9. The van der Waals surface area contributed by atoms with Crippen molar-refractivity contribution in [3.8, 4) is 11.5 Å². The lowest BCUT2D eigenvalue weighted by molar-refractivity contribution is -0.135. The molecule has 0 spiro atoms. The molecule has 2 amide bonds. The predicted molar refractivity (Wildman–Crippen MR) is 149 cm³/mol. The molecule has 0 radical (unpaired) electrons. The number of hydrogen-bond donors (Lipinski definition) is 3. The van der Waals surface area contributed by atoms with E-state index in [0.717, 1.165) is 0 Å². The fourth-order valence-corrected chi connectivity index (χ4v) is 6.14. The monoisotopic (exact) mass is 550 g/mol. The summed E-state index contributed by atoms with van der Waals surface area (Å²) in [4.78, 5) is 33.5. The highest BCUT2D eigenvalue weighted by atomic mass is 16.5. The van der Waals surface area contributed by atoms with Gasteiger partial charge >= 0.3 is 0 Å². The van der Waals surface area contributed by atoms with Crippen molar-refractivity contribution in [2.45, 2.75) is 75.8 Å². The number of nitrogens with one attached hydrogen (secondary N) is 1. The van der Waals surface area contributed by atoms with Crippen LogP contribution >= 0.6 is 0 Å². The van der Waals surface area contributed by atoms with Gasteiger partial charge in [0.2, 0.25) is 5.91 Å². The van der Waals surface area contributed by atoms with Gasteiger partial charge in [-0.3, -0.25) is 14.5 Å². The van der Waals surface area contributed by atoms with Gasteiger partial charge in [0.05, 0.1) is 24.6 Å². The summed E-state index contributed by atoms with van der Waals surface area (Å²) in [7, 11) is 1.57. The first-order valence-corrected chi connectivity index (χ1v) is 13.7. The first-order valence-electron chi connectivity index (χ1n) is 13.7. The van der Waals surface area contributed by atoms with Crippen LogP contribution in [-0.2, 0) is 9.53 Å². The molecule has 2 aromatic carbocycles. The van der Waals surface area contributed by atoms with Crippen LogP contribution in [0.25, 0.3) is 0 Å². The van der Waals surface area contributed by atoms with Crippen LogP contribution < -0.4 is 20.5 Å². The van der Waals surface area contributed by atoms with E-state index in [2.05, 4.69) is 5.32 Å². The molecule has 40 heavy (non-hydrogen) atoms. The minimum absolute atomic E-state index is 0.0388. The number of amides is 2. The molecule has 5 rings (SSSR count). The van der Waals surface area contributed by atoms with Crippen molar-refractivity contribution < 1.29 is 28.9 Å². The van der Waals surface area contributed by atoms with E-state index in [1.807, 2.05) is 45.0 Å². The summed E-state index contributed by atoms with van der Waals surface area (Å²) in [6.07, 6.45) is 1.62. The summed E-state index contributed by atoms with van der Waals surface area (Å²) in [5.74, 6) is 0.753. The molecule has 0 saturated heterocycles. The maximum absolute atomic E-state index is 13.6. The van der Waals surface area contributed by atoms with Gasteiger partial charge in [0.25, 0.3) is 5.91 Å². The highest BCUT2D eigenvalue weighted by Gasteiger charge is 2.53. The Balaban J connectivity index is 1.52. The number of guanidine groups is 1. The maximum atomic E-state index is 13.6. The molecule has 4 N–H and O–H groups in total. The van der Waals surface area contributed by atoms with Gasteiger partial charge in [-0.15, -0.1) is 0 Å².